The van der Waals surface area contributed by atoms with Crippen molar-refractivity contribution < 1.29 is 19.2 Å². The van der Waals surface area contributed by atoms with Gasteiger partial charge in [0.15, 0.2) is 0 Å². The molecular weight excluding hydrogens is 450 g/mol. The zero-order chi connectivity index (χ0) is 25.4. The average Bonchev–Trinajstić information content (AvgIpc) is 2.87. The van der Waals surface area contributed by atoms with E-state index in [0.29, 0.717) is 42.6 Å². The minimum absolute atomic E-state index is 0.0453. The number of likely N-dealkylation sites (tertiary alicyclic amines) is 1. The molecule has 0 spiro atoms. The first-order chi connectivity index (χ1) is 16.8. The Bertz CT molecular complexity index is 1020. The highest BCUT2D eigenvalue weighted by Crippen LogP contribution is 2.28. The Balaban J connectivity index is 1.47. The SMILES string of the molecule is CN(C(=O)c1ccc([N+](=O)[O-])cc1)c1ccccc1OCCCNC(=O)N1CCC(N(C)C)CC1. The summed E-state index contributed by atoms with van der Waals surface area (Å²) in [5.74, 6) is 0.239. The third-order valence-electron chi connectivity index (χ3n) is 6.19. The molecule has 1 aliphatic heterocycles. The number of para-hydroxylation sites is 2. The number of anilines is 1. The van der Waals surface area contributed by atoms with Crippen molar-refractivity contribution in [3.05, 3.63) is 64.2 Å². The number of piperidine rings is 1. The van der Waals surface area contributed by atoms with Crippen LogP contribution in [0.15, 0.2) is 48.5 Å². The van der Waals surface area contributed by atoms with E-state index >= 15 is 0 Å². The maximum Gasteiger partial charge on any atom is 0.317 e. The van der Waals surface area contributed by atoms with Crippen LogP contribution < -0.4 is 15.0 Å². The number of nitro benzene ring substituents is 1. The molecule has 3 rings (SSSR count). The number of nitrogens with zero attached hydrogens (tertiary/aromatic N) is 4. The number of rotatable bonds is 9. The smallest absolute Gasteiger partial charge is 0.317 e. The summed E-state index contributed by atoms with van der Waals surface area (Å²) in [6, 6.07) is 13.2. The molecule has 0 radical (unpaired) electrons. The van der Waals surface area contributed by atoms with Crippen molar-refractivity contribution in [1.29, 1.82) is 0 Å². The molecular formula is C25H33N5O5. The van der Waals surface area contributed by atoms with Crippen LogP contribution in [-0.4, -0.2) is 80.1 Å². The Morgan fingerprint density at radius 1 is 1.09 bits per heavy atom. The fourth-order valence-electron chi connectivity index (χ4n) is 4.03. The van der Waals surface area contributed by atoms with Crippen LogP contribution in [0.1, 0.15) is 29.6 Å². The van der Waals surface area contributed by atoms with Crippen molar-refractivity contribution in [3.8, 4) is 5.75 Å². The van der Waals surface area contributed by atoms with Gasteiger partial charge < -0.3 is 24.8 Å². The molecule has 0 aromatic heterocycles. The first kappa shape index (κ1) is 26.0. The molecule has 1 N–H and O–H groups in total. The van der Waals surface area contributed by atoms with Crippen LogP contribution in [-0.2, 0) is 0 Å². The lowest BCUT2D eigenvalue weighted by molar-refractivity contribution is -0.384. The van der Waals surface area contributed by atoms with Gasteiger partial charge in [-0.15, -0.1) is 0 Å². The number of carbonyl (C=O) groups is 2. The van der Waals surface area contributed by atoms with Crippen molar-refractivity contribution in [1.82, 2.24) is 15.1 Å². The van der Waals surface area contributed by atoms with Crippen LogP contribution in [0.4, 0.5) is 16.2 Å². The molecule has 1 saturated heterocycles. The van der Waals surface area contributed by atoms with Crippen LogP contribution in [0.5, 0.6) is 5.75 Å². The van der Waals surface area contributed by atoms with Crippen LogP contribution >= 0.6 is 0 Å². The normalized spacial score (nSPS) is 14.0. The van der Waals surface area contributed by atoms with Gasteiger partial charge in [0.1, 0.15) is 5.75 Å². The highest BCUT2D eigenvalue weighted by atomic mass is 16.6. The van der Waals surface area contributed by atoms with Crippen molar-refractivity contribution in [2.24, 2.45) is 0 Å². The Hall–Kier alpha value is -3.66. The van der Waals surface area contributed by atoms with Gasteiger partial charge >= 0.3 is 6.03 Å². The molecule has 2 aromatic rings. The molecule has 1 aliphatic rings. The molecule has 0 unspecified atom stereocenters. The van der Waals surface area contributed by atoms with Crippen molar-refractivity contribution in [2.45, 2.75) is 25.3 Å². The summed E-state index contributed by atoms with van der Waals surface area (Å²) < 4.78 is 5.91. The molecule has 3 amide bonds. The van der Waals surface area contributed by atoms with Crippen molar-refractivity contribution in [2.75, 3.05) is 52.3 Å². The number of benzene rings is 2. The maximum absolute atomic E-state index is 12.9. The lowest BCUT2D eigenvalue weighted by Gasteiger charge is -2.35. The van der Waals surface area contributed by atoms with Gasteiger partial charge in [-0.1, -0.05) is 12.1 Å². The van der Waals surface area contributed by atoms with Gasteiger partial charge in [0.2, 0.25) is 0 Å². The largest absolute Gasteiger partial charge is 0.491 e. The van der Waals surface area contributed by atoms with Crippen LogP contribution in [0.3, 0.4) is 0 Å². The van der Waals surface area contributed by atoms with E-state index in [0.717, 1.165) is 25.9 Å². The molecule has 1 heterocycles. The number of hydrogen-bond acceptors (Lipinski definition) is 6. The summed E-state index contributed by atoms with van der Waals surface area (Å²) in [7, 11) is 5.77. The van der Waals surface area contributed by atoms with Crippen molar-refractivity contribution >= 4 is 23.3 Å². The summed E-state index contributed by atoms with van der Waals surface area (Å²) in [6.45, 7) is 2.38. The third-order valence-corrected chi connectivity index (χ3v) is 6.19. The average molecular weight is 484 g/mol. The van der Waals surface area contributed by atoms with Gasteiger partial charge in [-0.05, 0) is 57.6 Å². The standard InChI is InChI=1S/C25H33N5O5/c1-27(2)20-13-16-29(17-14-20)25(32)26-15-6-18-35-23-8-5-4-7-22(23)28(3)24(31)19-9-11-21(12-10-19)30(33)34/h4-5,7-12,20H,6,13-18H2,1-3H3,(H,26,32). The predicted octanol–water partition coefficient (Wildman–Crippen LogP) is 3.38. The molecule has 0 saturated carbocycles. The van der Waals surface area contributed by atoms with Crippen LogP contribution in [0.25, 0.3) is 0 Å². The number of nitrogens with one attached hydrogen (secondary N) is 1. The topological polar surface area (TPSA) is 108 Å². The van der Waals surface area contributed by atoms with E-state index in [2.05, 4.69) is 24.3 Å². The number of ether oxygens (including phenoxy) is 1. The minimum atomic E-state index is -0.503. The predicted molar refractivity (Wildman–Crippen MR) is 134 cm³/mol. The Labute approximate surface area is 205 Å². The van der Waals surface area contributed by atoms with E-state index in [-0.39, 0.29) is 17.6 Å². The molecule has 0 atom stereocenters. The first-order valence-electron chi connectivity index (χ1n) is 11.7. The van der Waals surface area contributed by atoms with E-state index in [4.69, 9.17) is 4.74 Å². The minimum Gasteiger partial charge on any atom is -0.491 e. The second-order valence-corrected chi connectivity index (χ2v) is 8.75. The zero-order valence-electron chi connectivity index (χ0n) is 20.5. The van der Waals surface area contributed by atoms with Crippen molar-refractivity contribution in [3.63, 3.8) is 0 Å². The lowest BCUT2D eigenvalue weighted by atomic mass is 10.0. The Morgan fingerprint density at radius 3 is 2.37 bits per heavy atom. The number of non-ortho nitro benzene ring substituents is 1. The van der Waals surface area contributed by atoms with Gasteiger partial charge in [0.05, 0.1) is 17.2 Å². The van der Waals surface area contributed by atoms with E-state index in [1.807, 2.05) is 17.0 Å². The second kappa shape index (κ2) is 12.2. The summed E-state index contributed by atoms with van der Waals surface area (Å²) in [6.07, 6.45) is 2.58. The van der Waals surface area contributed by atoms with Gasteiger partial charge in [-0.2, -0.15) is 0 Å². The molecule has 2 aromatic carbocycles. The van der Waals surface area contributed by atoms with E-state index in [1.54, 1.807) is 19.2 Å². The second-order valence-electron chi connectivity index (χ2n) is 8.75. The quantitative estimate of drug-likeness (QED) is 0.333. The lowest BCUT2D eigenvalue weighted by Crippen LogP contribution is -2.48. The van der Waals surface area contributed by atoms with Crippen LogP contribution in [0, 0.1) is 10.1 Å². The Kier molecular flexibility index (Phi) is 9.02. The highest BCUT2D eigenvalue weighted by molar-refractivity contribution is 6.06. The third kappa shape index (κ3) is 6.92. The molecule has 1 fully saturated rings. The molecule has 35 heavy (non-hydrogen) atoms. The number of carbonyl (C=O) groups excluding carboxylic acids is 2. The summed E-state index contributed by atoms with van der Waals surface area (Å²) in [5.41, 5.74) is 0.854. The van der Waals surface area contributed by atoms with Gasteiger partial charge in [0, 0.05) is 50.4 Å². The monoisotopic (exact) mass is 483 g/mol. The van der Waals surface area contributed by atoms with E-state index in [1.165, 1.54) is 29.2 Å². The first-order valence-corrected chi connectivity index (χ1v) is 11.7. The molecule has 0 aliphatic carbocycles. The number of hydrogen-bond donors (Lipinski definition) is 1. The molecule has 10 nitrogen and oxygen atoms in total. The van der Waals surface area contributed by atoms with E-state index in [9.17, 15) is 19.7 Å². The highest BCUT2D eigenvalue weighted by Gasteiger charge is 2.23. The van der Waals surface area contributed by atoms with E-state index < -0.39 is 4.92 Å². The zero-order valence-corrected chi connectivity index (χ0v) is 20.5. The summed E-state index contributed by atoms with van der Waals surface area (Å²) >= 11 is 0. The summed E-state index contributed by atoms with van der Waals surface area (Å²) in [5, 5.41) is 13.8. The fourth-order valence-corrected chi connectivity index (χ4v) is 4.03. The number of amides is 3. The van der Waals surface area contributed by atoms with Gasteiger partial charge in [0.25, 0.3) is 11.6 Å². The van der Waals surface area contributed by atoms with Gasteiger partial charge in [-0.3, -0.25) is 14.9 Å². The number of urea groups is 1. The number of nitro groups is 1. The van der Waals surface area contributed by atoms with Gasteiger partial charge in [-0.25, -0.2) is 4.79 Å². The molecule has 188 valence electrons. The molecule has 10 heteroatoms. The van der Waals surface area contributed by atoms with Crippen LogP contribution in [0.2, 0.25) is 0 Å². The molecule has 0 bridgehead atoms. The Morgan fingerprint density at radius 2 is 1.74 bits per heavy atom. The maximum atomic E-state index is 12.9. The fraction of sp³-hybridized carbons (Fsp3) is 0.440. The summed E-state index contributed by atoms with van der Waals surface area (Å²) in [4.78, 5) is 41.1.